The molecule has 0 saturated carbocycles. The number of ether oxygens (including phenoxy) is 1. The minimum atomic E-state index is -0.302. The molecule has 0 heterocycles. The first-order valence-electron chi connectivity index (χ1n) is 5.93. The van der Waals surface area contributed by atoms with Crippen LogP contribution in [0.4, 0.5) is 0 Å². The molecule has 0 aliphatic heterocycles. The van der Waals surface area contributed by atoms with Crippen LogP contribution < -0.4 is 10.6 Å². The zero-order chi connectivity index (χ0) is 14.1. The molecule has 104 valence electrons. The maximum Gasteiger partial charge on any atom is 0.251 e. The molecule has 19 heavy (non-hydrogen) atoms. The number of amides is 2. The molecule has 0 aliphatic rings. The lowest BCUT2D eigenvalue weighted by molar-refractivity contribution is -0.120. The molecule has 0 aromatic heterocycles. The highest BCUT2D eigenvalue weighted by Crippen LogP contribution is 2.09. The van der Waals surface area contributed by atoms with Gasteiger partial charge < -0.3 is 15.4 Å². The summed E-state index contributed by atoms with van der Waals surface area (Å²) < 4.78 is 4.86. The van der Waals surface area contributed by atoms with Crippen molar-refractivity contribution in [1.29, 1.82) is 0 Å². The highest BCUT2D eigenvalue weighted by molar-refractivity contribution is 6.30. The Labute approximate surface area is 117 Å². The van der Waals surface area contributed by atoms with Gasteiger partial charge in [-0.25, -0.2) is 0 Å². The van der Waals surface area contributed by atoms with E-state index in [9.17, 15) is 9.59 Å². The molecule has 1 aromatic rings. The number of methoxy groups -OCH3 is 1. The largest absolute Gasteiger partial charge is 0.385 e. The van der Waals surface area contributed by atoms with Crippen molar-refractivity contribution in [3.8, 4) is 0 Å². The zero-order valence-corrected chi connectivity index (χ0v) is 11.5. The van der Waals surface area contributed by atoms with Gasteiger partial charge >= 0.3 is 0 Å². The first kappa shape index (κ1) is 15.5. The Morgan fingerprint density at radius 2 is 1.89 bits per heavy atom. The Balaban J connectivity index is 2.26. The Kier molecular flexibility index (Phi) is 6.92. The molecular formula is C13H17ClN2O3. The van der Waals surface area contributed by atoms with Gasteiger partial charge in [-0.3, -0.25) is 9.59 Å². The van der Waals surface area contributed by atoms with Gasteiger partial charge in [0.25, 0.3) is 5.91 Å². The van der Waals surface area contributed by atoms with Crippen LogP contribution in [0, 0.1) is 0 Å². The average Bonchev–Trinajstić information content (AvgIpc) is 2.42. The van der Waals surface area contributed by atoms with E-state index >= 15 is 0 Å². The highest BCUT2D eigenvalue weighted by atomic mass is 35.5. The van der Waals surface area contributed by atoms with Crippen LogP contribution in [0.1, 0.15) is 16.8 Å². The summed E-state index contributed by atoms with van der Waals surface area (Å²) in [7, 11) is 1.61. The zero-order valence-electron chi connectivity index (χ0n) is 10.7. The summed E-state index contributed by atoms with van der Waals surface area (Å²) in [5.41, 5.74) is 0.469. The van der Waals surface area contributed by atoms with Crippen molar-refractivity contribution in [2.24, 2.45) is 0 Å². The topological polar surface area (TPSA) is 67.4 Å². The van der Waals surface area contributed by atoms with Crippen LogP contribution in [0.3, 0.4) is 0 Å². The Morgan fingerprint density at radius 3 is 2.53 bits per heavy atom. The fourth-order valence-electron chi connectivity index (χ4n) is 1.37. The van der Waals surface area contributed by atoms with Gasteiger partial charge in [0.1, 0.15) is 0 Å². The van der Waals surface area contributed by atoms with Crippen molar-refractivity contribution in [2.45, 2.75) is 6.42 Å². The third-order valence-electron chi connectivity index (χ3n) is 2.36. The van der Waals surface area contributed by atoms with Crippen molar-refractivity contribution in [3.05, 3.63) is 34.9 Å². The van der Waals surface area contributed by atoms with Crippen LogP contribution in [0.5, 0.6) is 0 Å². The summed E-state index contributed by atoms with van der Waals surface area (Å²) >= 11 is 5.72. The summed E-state index contributed by atoms with van der Waals surface area (Å²) in [4.78, 5) is 23.1. The van der Waals surface area contributed by atoms with Crippen molar-refractivity contribution in [3.63, 3.8) is 0 Å². The number of hydrogen-bond acceptors (Lipinski definition) is 3. The number of hydrogen-bond donors (Lipinski definition) is 2. The van der Waals surface area contributed by atoms with E-state index in [1.54, 1.807) is 31.4 Å². The van der Waals surface area contributed by atoms with E-state index in [0.29, 0.717) is 23.7 Å². The number of rotatable bonds is 7. The van der Waals surface area contributed by atoms with E-state index in [1.807, 2.05) is 0 Å². The molecule has 1 rings (SSSR count). The molecule has 0 radical (unpaired) electrons. The second kappa shape index (κ2) is 8.50. The average molecular weight is 285 g/mol. The molecule has 0 spiro atoms. The molecule has 0 aliphatic carbocycles. The lowest BCUT2D eigenvalue weighted by atomic mass is 10.2. The van der Waals surface area contributed by atoms with Gasteiger partial charge in [-0.05, 0) is 30.7 Å². The summed E-state index contributed by atoms with van der Waals surface area (Å²) in [5.74, 6) is -0.526. The van der Waals surface area contributed by atoms with Crippen molar-refractivity contribution in [2.75, 3.05) is 26.8 Å². The molecule has 0 atom stereocenters. The molecule has 0 fully saturated rings. The monoisotopic (exact) mass is 284 g/mol. The normalized spacial score (nSPS) is 10.0. The van der Waals surface area contributed by atoms with Gasteiger partial charge in [-0.1, -0.05) is 11.6 Å². The molecule has 0 bridgehead atoms. The predicted molar refractivity (Wildman–Crippen MR) is 73.3 cm³/mol. The van der Waals surface area contributed by atoms with Crippen LogP contribution in [-0.4, -0.2) is 38.6 Å². The van der Waals surface area contributed by atoms with Gasteiger partial charge in [0.05, 0.1) is 6.54 Å². The molecule has 2 N–H and O–H groups in total. The van der Waals surface area contributed by atoms with Crippen molar-refractivity contribution in [1.82, 2.24) is 10.6 Å². The van der Waals surface area contributed by atoms with E-state index < -0.39 is 0 Å². The smallest absolute Gasteiger partial charge is 0.251 e. The maximum absolute atomic E-state index is 11.7. The SMILES string of the molecule is COCCCNC(=O)CNC(=O)c1ccc(Cl)cc1. The third kappa shape index (κ3) is 6.22. The van der Waals surface area contributed by atoms with Crippen molar-refractivity contribution < 1.29 is 14.3 Å². The third-order valence-corrected chi connectivity index (χ3v) is 2.62. The Bertz CT molecular complexity index is 420. The second-order valence-electron chi connectivity index (χ2n) is 3.89. The molecule has 0 saturated heterocycles. The lowest BCUT2D eigenvalue weighted by Gasteiger charge is -2.06. The molecule has 2 amide bonds. The summed E-state index contributed by atoms with van der Waals surface area (Å²) in [6.45, 7) is 1.08. The van der Waals surface area contributed by atoms with Crippen LogP contribution in [0.25, 0.3) is 0 Å². The predicted octanol–water partition coefficient (Wildman–Crippen LogP) is 1.22. The lowest BCUT2D eigenvalue weighted by Crippen LogP contribution is -2.37. The first-order valence-corrected chi connectivity index (χ1v) is 6.30. The first-order chi connectivity index (χ1) is 9.13. The van der Waals surface area contributed by atoms with Crippen molar-refractivity contribution >= 4 is 23.4 Å². The molecule has 6 heteroatoms. The number of halogens is 1. The Morgan fingerprint density at radius 1 is 1.21 bits per heavy atom. The Hall–Kier alpha value is -1.59. The minimum absolute atomic E-state index is 0.0472. The maximum atomic E-state index is 11.7. The molecular weight excluding hydrogens is 268 g/mol. The van der Waals surface area contributed by atoms with E-state index in [0.717, 1.165) is 6.42 Å². The highest BCUT2D eigenvalue weighted by Gasteiger charge is 2.07. The van der Waals surface area contributed by atoms with Gasteiger partial charge in [0.15, 0.2) is 0 Å². The number of benzene rings is 1. The summed E-state index contributed by atoms with van der Waals surface area (Å²) in [6.07, 6.45) is 0.743. The van der Waals surface area contributed by atoms with Gasteiger partial charge in [-0.2, -0.15) is 0 Å². The van der Waals surface area contributed by atoms with Crippen LogP contribution in [0.2, 0.25) is 5.02 Å². The van der Waals surface area contributed by atoms with E-state index in [-0.39, 0.29) is 18.4 Å². The fourth-order valence-corrected chi connectivity index (χ4v) is 1.50. The van der Waals surface area contributed by atoms with E-state index in [1.165, 1.54) is 0 Å². The summed E-state index contributed by atoms with van der Waals surface area (Å²) in [5, 5.41) is 5.77. The molecule has 0 unspecified atom stereocenters. The van der Waals surface area contributed by atoms with E-state index in [2.05, 4.69) is 10.6 Å². The van der Waals surface area contributed by atoms with Gasteiger partial charge in [-0.15, -0.1) is 0 Å². The van der Waals surface area contributed by atoms with Crippen LogP contribution >= 0.6 is 11.6 Å². The molecule has 1 aromatic carbocycles. The van der Waals surface area contributed by atoms with E-state index in [4.69, 9.17) is 16.3 Å². The molecule has 5 nitrogen and oxygen atoms in total. The minimum Gasteiger partial charge on any atom is -0.385 e. The van der Waals surface area contributed by atoms with Gasteiger partial charge in [0.2, 0.25) is 5.91 Å². The quantitative estimate of drug-likeness (QED) is 0.740. The number of carbonyl (C=O) groups is 2. The fraction of sp³-hybridized carbons (Fsp3) is 0.385. The summed E-state index contributed by atoms with van der Waals surface area (Å²) in [6, 6.07) is 6.46. The van der Waals surface area contributed by atoms with Crippen LogP contribution in [-0.2, 0) is 9.53 Å². The van der Waals surface area contributed by atoms with Crippen LogP contribution in [0.15, 0.2) is 24.3 Å². The number of carbonyl (C=O) groups excluding carboxylic acids is 2. The number of nitrogens with one attached hydrogen (secondary N) is 2. The van der Waals surface area contributed by atoms with Gasteiger partial charge in [0, 0.05) is 30.8 Å². The standard InChI is InChI=1S/C13H17ClN2O3/c1-19-8-2-7-15-12(17)9-16-13(18)10-3-5-11(14)6-4-10/h3-6H,2,7-9H2,1H3,(H,15,17)(H,16,18). The second-order valence-corrected chi connectivity index (χ2v) is 4.32.